The summed E-state index contributed by atoms with van der Waals surface area (Å²) in [6.45, 7) is 1.60. The van der Waals surface area contributed by atoms with E-state index in [0.717, 1.165) is 47.5 Å². The van der Waals surface area contributed by atoms with Crippen molar-refractivity contribution in [3.63, 3.8) is 0 Å². The molecular formula is C21H18Cl2N8. The van der Waals surface area contributed by atoms with Gasteiger partial charge in [-0.15, -0.1) is 0 Å². The molecule has 10 heteroatoms. The van der Waals surface area contributed by atoms with Crippen LogP contribution in [0, 0.1) is 17.2 Å². The molecule has 0 bridgehead atoms. The van der Waals surface area contributed by atoms with E-state index in [-0.39, 0.29) is 12.0 Å². The van der Waals surface area contributed by atoms with Gasteiger partial charge in [-0.25, -0.2) is 15.0 Å². The number of hydrogen-bond donors (Lipinski definition) is 1. The molecule has 8 nitrogen and oxygen atoms in total. The molecule has 1 fully saturated rings. The summed E-state index contributed by atoms with van der Waals surface area (Å²) in [6.07, 6.45) is 8.44. The van der Waals surface area contributed by atoms with Crippen molar-refractivity contribution in [3.8, 4) is 17.3 Å². The predicted molar refractivity (Wildman–Crippen MR) is 119 cm³/mol. The van der Waals surface area contributed by atoms with Gasteiger partial charge in [0.05, 0.1) is 36.1 Å². The molecule has 1 unspecified atom stereocenters. The first kappa shape index (κ1) is 19.8. The lowest BCUT2D eigenvalue weighted by atomic mass is 9.96. The molecular weight excluding hydrogens is 435 g/mol. The summed E-state index contributed by atoms with van der Waals surface area (Å²) in [5, 5.41) is 15.8. The molecule has 156 valence electrons. The second-order valence-electron chi connectivity index (χ2n) is 7.54. The van der Waals surface area contributed by atoms with E-state index >= 15 is 0 Å². The minimum absolute atomic E-state index is 0.0497. The Morgan fingerprint density at radius 1 is 1.26 bits per heavy atom. The summed E-state index contributed by atoms with van der Waals surface area (Å²) in [5.41, 5.74) is 3.36. The zero-order valence-corrected chi connectivity index (χ0v) is 17.9. The Kier molecular flexibility index (Phi) is 5.22. The van der Waals surface area contributed by atoms with Crippen molar-refractivity contribution in [2.24, 2.45) is 5.92 Å². The van der Waals surface area contributed by atoms with Crippen LogP contribution in [-0.4, -0.2) is 42.8 Å². The topological polar surface area (TPSA) is 99.3 Å². The molecule has 5 heterocycles. The third-order valence-electron chi connectivity index (χ3n) is 5.77. The summed E-state index contributed by atoms with van der Waals surface area (Å²) < 4.78 is 1.90. The monoisotopic (exact) mass is 452 g/mol. The highest BCUT2D eigenvalue weighted by atomic mass is 35.5. The fourth-order valence-corrected chi connectivity index (χ4v) is 4.74. The fourth-order valence-electron chi connectivity index (χ4n) is 4.27. The third-order valence-corrected chi connectivity index (χ3v) is 6.26. The highest BCUT2D eigenvalue weighted by Crippen LogP contribution is 2.36. The van der Waals surface area contributed by atoms with Gasteiger partial charge in [0.2, 0.25) is 0 Å². The number of rotatable bonds is 5. The molecule has 0 saturated carbocycles. The minimum atomic E-state index is -0.0497. The summed E-state index contributed by atoms with van der Waals surface area (Å²) in [5.74, 6) is 0.247. The first-order valence-corrected chi connectivity index (χ1v) is 10.7. The SMILES string of the molecule is N#CCC([C@H]1CCN(c2ccc(Cl)nc2Cl)C1)n1cc(-c2ncnc3[nH]ccc23)cn1. The first-order chi connectivity index (χ1) is 15.1. The fraction of sp³-hybridized carbons (Fsp3) is 0.286. The number of aromatic amines is 1. The molecule has 0 aromatic carbocycles. The van der Waals surface area contributed by atoms with Crippen LogP contribution in [-0.2, 0) is 0 Å². The van der Waals surface area contributed by atoms with Crippen molar-refractivity contribution in [2.45, 2.75) is 18.9 Å². The van der Waals surface area contributed by atoms with Crippen LogP contribution in [0.4, 0.5) is 5.69 Å². The van der Waals surface area contributed by atoms with Crippen molar-refractivity contribution >= 4 is 39.9 Å². The largest absolute Gasteiger partial charge is 0.369 e. The standard InChI is InChI=1S/C21H18Cl2N8/c22-18-2-1-17(20(23)29-18)30-8-5-13(10-30)16(3-6-24)31-11-14(9-28-31)19-15-4-7-25-21(15)27-12-26-19/h1-2,4,7,9,11-13,16H,3,5,8,10H2,(H,25,26,27)/t13-,16?/m0/s1. The normalized spacial score (nSPS) is 17.2. The number of nitrogens with zero attached hydrogens (tertiary/aromatic N) is 7. The summed E-state index contributed by atoms with van der Waals surface area (Å²) >= 11 is 12.2. The van der Waals surface area contributed by atoms with Crippen LogP contribution in [0.3, 0.4) is 0 Å². The third kappa shape index (κ3) is 3.71. The Morgan fingerprint density at radius 3 is 3.00 bits per heavy atom. The van der Waals surface area contributed by atoms with Gasteiger partial charge in [-0.1, -0.05) is 23.2 Å². The van der Waals surface area contributed by atoms with E-state index in [9.17, 15) is 5.26 Å². The van der Waals surface area contributed by atoms with Crippen molar-refractivity contribution in [1.29, 1.82) is 5.26 Å². The highest BCUT2D eigenvalue weighted by Gasteiger charge is 2.32. The molecule has 31 heavy (non-hydrogen) atoms. The average molecular weight is 453 g/mol. The zero-order chi connectivity index (χ0) is 21.4. The van der Waals surface area contributed by atoms with Crippen molar-refractivity contribution in [2.75, 3.05) is 18.0 Å². The van der Waals surface area contributed by atoms with Crippen molar-refractivity contribution in [1.82, 2.24) is 29.7 Å². The molecule has 1 aliphatic heterocycles. The van der Waals surface area contributed by atoms with Gasteiger partial charge < -0.3 is 9.88 Å². The van der Waals surface area contributed by atoms with Crippen LogP contribution >= 0.6 is 23.2 Å². The molecule has 1 N–H and O–H groups in total. The van der Waals surface area contributed by atoms with E-state index in [1.807, 2.05) is 29.2 Å². The number of pyridine rings is 1. The number of nitriles is 1. The van der Waals surface area contributed by atoms with Gasteiger partial charge >= 0.3 is 0 Å². The van der Waals surface area contributed by atoms with Crippen LogP contribution in [0.1, 0.15) is 18.9 Å². The molecule has 1 aliphatic rings. The van der Waals surface area contributed by atoms with Gasteiger partial charge in [-0.2, -0.15) is 10.4 Å². The van der Waals surface area contributed by atoms with Gasteiger partial charge in [-0.3, -0.25) is 4.68 Å². The Hall–Kier alpha value is -3.15. The van der Waals surface area contributed by atoms with E-state index in [1.54, 1.807) is 12.3 Å². The zero-order valence-electron chi connectivity index (χ0n) is 16.4. The maximum absolute atomic E-state index is 9.48. The molecule has 2 atom stereocenters. The smallest absolute Gasteiger partial charge is 0.154 e. The Labute approximate surface area is 188 Å². The number of aromatic nitrogens is 6. The first-order valence-electron chi connectivity index (χ1n) is 9.90. The van der Waals surface area contributed by atoms with Gasteiger partial charge in [0.1, 0.15) is 17.1 Å². The molecule has 4 aromatic rings. The summed E-state index contributed by atoms with van der Waals surface area (Å²) in [7, 11) is 0. The molecule has 0 amide bonds. The van der Waals surface area contributed by atoms with E-state index < -0.39 is 0 Å². The maximum atomic E-state index is 9.48. The molecule has 1 saturated heterocycles. The Bertz CT molecular complexity index is 1270. The maximum Gasteiger partial charge on any atom is 0.154 e. The molecule has 0 aliphatic carbocycles. The second-order valence-corrected chi connectivity index (χ2v) is 8.28. The van der Waals surface area contributed by atoms with E-state index in [1.165, 1.54) is 6.33 Å². The van der Waals surface area contributed by atoms with Gasteiger partial charge in [-0.05, 0) is 24.6 Å². The van der Waals surface area contributed by atoms with Gasteiger partial charge in [0.25, 0.3) is 0 Å². The lowest BCUT2D eigenvalue weighted by molar-refractivity contribution is 0.332. The summed E-state index contributed by atoms with van der Waals surface area (Å²) in [6, 6.07) is 7.86. The van der Waals surface area contributed by atoms with Crippen LogP contribution in [0.5, 0.6) is 0 Å². The van der Waals surface area contributed by atoms with Crippen LogP contribution in [0.15, 0.2) is 43.1 Å². The van der Waals surface area contributed by atoms with E-state index in [2.05, 4.69) is 36.0 Å². The number of halogens is 2. The van der Waals surface area contributed by atoms with Crippen LogP contribution in [0.2, 0.25) is 10.3 Å². The molecule has 4 aromatic heterocycles. The van der Waals surface area contributed by atoms with Crippen LogP contribution < -0.4 is 4.90 Å². The lowest BCUT2D eigenvalue weighted by Crippen LogP contribution is -2.25. The number of nitrogens with one attached hydrogen (secondary N) is 1. The molecule has 0 radical (unpaired) electrons. The second kappa shape index (κ2) is 8.17. The molecule has 0 spiro atoms. The van der Waals surface area contributed by atoms with Crippen molar-refractivity contribution in [3.05, 3.63) is 53.4 Å². The number of fused-ring (bicyclic) bond motifs is 1. The Morgan fingerprint density at radius 2 is 2.16 bits per heavy atom. The number of anilines is 1. The average Bonchev–Trinajstić information content (AvgIpc) is 3.52. The number of H-pyrrole nitrogens is 1. The van der Waals surface area contributed by atoms with E-state index in [0.29, 0.717) is 16.7 Å². The van der Waals surface area contributed by atoms with Crippen LogP contribution in [0.25, 0.3) is 22.3 Å². The number of hydrogen-bond acceptors (Lipinski definition) is 6. The quantitative estimate of drug-likeness (QED) is 0.447. The van der Waals surface area contributed by atoms with Crippen molar-refractivity contribution < 1.29 is 0 Å². The van der Waals surface area contributed by atoms with Gasteiger partial charge in [0.15, 0.2) is 5.15 Å². The highest BCUT2D eigenvalue weighted by molar-refractivity contribution is 6.34. The predicted octanol–water partition coefficient (Wildman–Crippen LogP) is 4.50. The van der Waals surface area contributed by atoms with E-state index in [4.69, 9.17) is 23.2 Å². The van der Waals surface area contributed by atoms with Gasteiger partial charge in [0, 0.05) is 42.4 Å². The summed E-state index contributed by atoms with van der Waals surface area (Å²) in [4.78, 5) is 18.1. The molecule has 5 rings (SSSR count). The Balaban J connectivity index is 1.41. The lowest BCUT2D eigenvalue weighted by Gasteiger charge is -2.23. The minimum Gasteiger partial charge on any atom is -0.369 e.